The van der Waals surface area contributed by atoms with Crippen molar-refractivity contribution in [2.75, 3.05) is 6.54 Å². The third kappa shape index (κ3) is 1.70. The molecule has 1 aliphatic rings. The van der Waals surface area contributed by atoms with Crippen molar-refractivity contribution < 1.29 is 31.1 Å². The summed E-state index contributed by atoms with van der Waals surface area (Å²) in [6.45, 7) is 0.802. The second-order valence-electron chi connectivity index (χ2n) is 3.76. The Morgan fingerprint density at radius 1 is 1.25 bits per heavy atom. The highest BCUT2D eigenvalue weighted by molar-refractivity contribution is 5.02. The lowest BCUT2D eigenvalue weighted by molar-refractivity contribution is -1.09. The maximum absolute atomic E-state index is 13.7. The van der Waals surface area contributed by atoms with E-state index < -0.39 is 29.4 Å². The standard InChI is InChI=1S/C9H12F6N/c1-2-3-5-16(15)6-4-7(10)8(11,12)9(16,13)14/h4,6-7H,2-3,5H2,1H3/q+1. The molecule has 1 rings (SSSR count). The normalized spacial score (nSPS) is 36.3. The van der Waals surface area contributed by atoms with E-state index >= 15 is 0 Å². The molecule has 0 fully saturated rings. The molecular formula is C9H12F6N+. The van der Waals surface area contributed by atoms with Crippen LogP contribution in [0, 0.1) is 0 Å². The zero-order chi connectivity index (χ0) is 12.6. The van der Waals surface area contributed by atoms with E-state index in [0.717, 1.165) is 0 Å². The summed E-state index contributed by atoms with van der Waals surface area (Å²) in [5.74, 6) is -5.02. The van der Waals surface area contributed by atoms with Crippen LogP contribution in [0.1, 0.15) is 19.8 Å². The van der Waals surface area contributed by atoms with Gasteiger partial charge in [0.15, 0.2) is 0 Å². The molecule has 0 aliphatic carbocycles. The van der Waals surface area contributed by atoms with Gasteiger partial charge in [0.2, 0.25) is 6.17 Å². The summed E-state index contributed by atoms with van der Waals surface area (Å²) in [6.07, 6.45) is -2.47. The molecule has 0 spiro atoms. The number of rotatable bonds is 3. The average molecular weight is 248 g/mol. The minimum Gasteiger partial charge on any atom is -0.235 e. The zero-order valence-electron chi connectivity index (χ0n) is 8.57. The van der Waals surface area contributed by atoms with Gasteiger partial charge in [-0.2, -0.15) is 8.78 Å². The highest BCUT2D eigenvalue weighted by atomic mass is 19.3. The Hall–Kier alpha value is -0.720. The number of unbranched alkanes of at least 4 members (excludes halogenated alkanes) is 1. The molecule has 0 amide bonds. The fourth-order valence-corrected chi connectivity index (χ4v) is 1.44. The van der Waals surface area contributed by atoms with E-state index in [9.17, 15) is 26.4 Å². The van der Waals surface area contributed by atoms with Gasteiger partial charge in [0.05, 0.1) is 0 Å². The molecule has 2 unspecified atom stereocenters. The van der Waals surface area contributed by atoms with Crippen LogP contribution in [0.25, 0.3) is 0 Å². The van der Waals surface area contributed by atoms with E-state index in [-0.39, 0.29) is 18.7 Å². The molecule has 0 aromatic rings. The molecule has 94 valence electrons. The first-order chi connectivity index (χ1) is 7.19. The van der Waals surface area contributed by atoms with Crippen molar-refractivity contribution in [3.63, 3.8) is 0 Å². The van der Waals surface area contributed by atoms with Crippen LogP contribution in [0.5, 0.6) is 0 Å². The van der Waals surface area contributed by atoms with E-state index in [4.69, 9.17) is 0 Å². The number of allylic oxidation sites excluding steroid dienone is 1. The van der Waals surface area contributed by atoms with Crippen LogP contribution in [-0.2, 0) is 0 Å². The number of nitrogens with zero attached hydrogens (tertiary/aromatic N) is 1. The van der Waals surface area contributed by atoms with Crippen molar-refractivity contribution in [2.24, 2.45) is 0 Å². The fraction of sp³-hybridized carbons (Fsp3) is 0.778. The second-order valence-corrected chi connectivity index (χ2v) is 3.76. The number of hydrogen-bond donors (Lipinski definition) is 0. The molecule has 0 aromatic carbocycles. The third-order valence-corrected chi connectivity index (χ3v) is 2.54. The van der Waals surface area contributed by atoms with Crippen LogP contribution in [0.15, 0.2) is 12.3 Å². The maximum Gasteiger partial charge on any atom is 0.498 e. The van der Waals surface area contributed by atoms with Crippen LogP contribution in [0.2, 0.25) is 0 Å². The van der Waals surface area contributed by atoms with Crippen molar-refractivity contribution >= 4 is 0 Å². The molecule has 0 saturated heterocycles. The zero-order valence-corrected chi connectivity index (χ0v) is 8.57. The minimum atomic E-state index is -5.07. The van der Waals surface area contributed by atoms with Gasteiger partial charge in [0, 0.05) is 17.0 Å². The monoisotopic (exact) mass is 248 g/mol. The number of hydrogen-bond acceptors (Lipinski definition) is 0. The van der Waals surface area contributed by atoms with Crippen LogP contribution >= 0.6 is 0 Å². The molecule has 1 heterocycles. The van der Waals surface area contributed by atoms with Gasteiger partial charge in [0.1, 0.15) is 12.7 Å². The highest BCUT2D eigenvalue weighted by Crippen LogP contribution is 2.49. The fourth-order valence-electron chi connectivity index (χ4n) is 1.44. The van der Waals surface area contributed by atoms with E-state index in [0.29, 0.717) is 6.42 Å². The third-order valence-electron chi connectivity index (χ3n) is 2.54. The lowest BCUT2D eigenvalue weighted by atomic mass is 10.1. The van der Waals surface area contributed by atoms with Crippen molar-refractivity contribution in [1.82, 2.24) is 0 Å². The molecule has 16 heavy (non-hydrogen) atoms. The summed E-state index contributed by atoms with van der Waals surface area (Å²) in [6, 6.07) is -5.07. The number of halogens is 6. The Kier molecular flexibility index (Phi) is 3.29. The van der Waals surface area contributed by atoms with Crippen molar-refractivity contribution in [3.8, 4) is 0 Å². The SMILES string of the molecule is CCCC[N+]1(F)C=CC(F)C(F)(F)C1(F)F. The minimum absolute atomic E-state index is 0.00343. The van der Waals surface area contributed by atoms with Crippen LogP contribution in [-0.4, -0.2) is 29.4 Å². The van der Waals surface area contributed by atoms with Gasteiger partial charge in [-0.25, -0.2) is 4.39 Å². The second kappa shape index (κ2) is 3.94. The molecular weight excluding hydrogens is 236 g/mol. The Morgan fingerprint density at radius 3 is 2.31 bits per heavy atom. The summed E-state index contributed by atoms with van der Waals surface area (Å²) in [5, 5.41) is 0. The van der Waals surface area contributed by atoms with Crippen LogP contribution < -0.4 is 0 Å². The molecule has 1 nitrogen and oxygen atoms in total. The van der Waals surface area contributed by atoms with Gasteiger partial charge in [0.25, 0.3) is 0 Å². The first-order valence-electron chi connectivity index (χ1n) is 4.85. The Morgan fingerprint density at radius 2 is 1.81 bits per heavy atom. The van der Waals surface area contributed by atoms with E-state index in [1.807, 2.05) is 0 Å². The summed E-state index contributed by atoms with van der Waals surface area (Å²) in [5.41, 5.74) is 0. The van der Waals surface area contributed by atoms with Gasteiger partial charge in [-0.3, -0.25) is 0 Å². The average Bonchev–Trinajstić information content (AvgIpc) is 2.20. The molecule has 2 atom stereocenters. The summed E-state index contributed by atoms with van der Waals surface area (Å²) < 4.78 is 75.6. The first-order valence-corrected chi connectivity index (χ1v) is 4.85. The maximum atomic E-state index is 13.7. The Labute approximate surface area is 88.9 Å². The molecule has 0 bridgehead atoms. The molecule has 1 aliphatic heterocycles. The van der Waals surface area contributed by atoms with Gasteiger partial charge in [-0.15, -0.1) is 8.78 Å². The van der Waals surface area contributed by atoms with Crippen LogP contribution in [0.4, 0.5) is 26.4 Å². The lowest BCUT2D eigenvalue weighted by Crippen LogP contribution is -2.65. The smallest absolute Gasteiger partial charge is 0.235 e. The van der Waals surface area contributed by atoms with Gasteiger partial charge >= 0.3 is 12.0 Å². The largest absolute Gasteiger partial charge is 0.498 e. The van der Waals surface area contributed by atoms with Crippen molar-refractivity contribution in [1.29, 1.82) is 0 Å². The van der Waals surface area contributed by atoms with Gasteiger partial charge in [-0.1, -0.05) is 13.3 Å². The summed E-state index contributed by atoms with van der Waals surface area (Å²) in [4.78, 5) is 0. The quantitative estimate of drug-likeness (QED) is 0.407. The number of alkyl halides is 5. The molecule has 0 N–H and O–H groups in total. The lowest BCUT2D eigenvalue weighted by Gasteiger charge is -2.37. The summed E-state index contributed by atoms with van der Waals surface area (Å²) >= 11 is 0. The molecule has 0 radical (unpaired) electrons. The number of quaternary nitrogens is 1. The van der Waals surface area contributed by atoms with Crippen LogP contribution in [0.3, 0.4) is 0 Å². The van der Waals surface area contributed by atoms with Gasteiger partial charge < -0.3 is 0 Å². The predicted octanol–water partition coefficient (Wildman–Crippen LogP) is 3.58. The van der Waals surface area contributed by atoms with Gasteiger partial charge in [-0.05, 0) is 4.71 Å². The molecule has 0 aromatic heterocycles. The Bertz CT molecular complexity index is 290. The van der Waals surface area contributed by atoms with Crippen molar-refractivity contribution in [2.45, 2.75) is 37.9 Å². The highest BCUT2D eigenvalue weighted by Gasteiger charge is 2.77. The molecule has 7 heteroatoms. The summed E-state index contributed by atoms with van der Waals surface area (Å²) in [7, 11) is 0. The van der Waals surface area contributed by atoms with E-state index in [1.165, 1.54) is 0 Å². The van der Waals surface area contributed by atoms with E-state index in [1.54, 1.807) is 6.92 Å². The molecule has 0 saturated carbocycles. The van der Waals surface area contributed by atoms with Crippen molar-refractivity contribution in [3.05, 3.63) is 12.3 Å². The first kappa shape index (κ1) is 13.3. The topological polar surface area (TPSA) is 0 Å². The Balaban J connectivity index is 3.07. The predicted molar refractivity (Wildman–Crippen MR) is 45.1 cm³/mol. The van der Waals surface area contributed by atoms with E-state index in [2.05, 4.69) is 0 Å².